The number of fused-ring (bicyclic) bond motifs is 1. The van der Waals surface area contributed by atoms with Gasteiger partial charge in [0.15, 0.2) is 0 Å². The fourth-order valence-corrected chi connectivity index (χ4v) is 2.20. The minimum atomic E-state index is 0.286. The lowest BCUT2D eigenvalue weighted by Crippen LogP contribution is -1.95. The minimum absolute atomic E-state index is 0.286. The number of anilines is 2. The molecular formula is C15H9ClN4. The Bertz CT molecular complexity index is 818. The topological polar surface area (TPSA) is 61.6 Å². The van der Waals surface area contributed by atoms with Crippen molar-refractivity contribution >= 4 is 33.9 Å². The number of hydrogen-bond acceptors (Lipinski definition) is 4. The first kappa shape index (κ1) is 12.4. The molecule has 0 unspecified atom stereocenters. The first-order chi connectivity index (χ1) is 9.76. The summed E-state index contributed by atoms with van der Waals surface area (Å²) in [6.45, 7) is 0. The maximum absolute atomic E-state index is 8.95. The van der Waals surface area contributed by atoms with Crippen molar-refractivity contribution in [3.8, 4) is 6.07 Å². The highest BCUT2D eigenvalue weighted by atomic mass is 35.5. The van der Waals surface area contributed by atoms with E-state index in [-0.39, 0.29) is 5.15 Å². The van der Waals surface area contributed by atoms with Crippen LogP contribution in [0.25, 0.3) is 10.8 Å². The summed E-state index contributed by atoms with van der Waals surface area (Å²) in [5, 5.41) is 14.5. The van der Waals surface area contributed by atoms with Crippen molar-refractivity contribution in [3.63, 3.8) is 0 Å². The van der Waals surface area contributed by atoms with Crippen LogP contribution < -0.4 is 5.32 Å². The third-order valence-corrected chi connectivity index (χ3v) is 3.06. The molecule has 0 radical (unpaired) electrons. The highest BCUT2D eigenvalue weighted by Crippen LogP contribution is 2.26. The van der Waals surface area contributed by atoms with Gasteiger partial charge in [0.2, 0.25) is 0 Å². The second kappa shape index (κ2) is 5.16. The molecule has 2 aromatic heterocycles. The van der Waals surface area contributed by atoms with E-state index >= 15 is 0 Å². The Labute approximate surface area is 120 Å². The molecule has 0 atom stereocenters. The van der Waals surface area contributed by atoms with Crippen molar-refractivity contribution in [1.82, 2.24) is 9.97 Å². The minimum Gasteiger partial charge on any atom is -0.340 e. The van der Waals surface area contributed by atoms with Crippen LogP contribution in [0.2, 0.25) is 5.15 Å². The Kier molecular flexibility index (Phi) is 3.20. The normalized spacial score (nSPS) is 10.2. The van der Waals surface area contributed by atoms with Gasteiger partial charge >= 0.3 is 0 Å². The Morgan fingerprint density at radius 1 is 1.20 bits per heavy atom. The van der Waals surface area contributed by atoms with Crippen LogP contribution >= 0.6 is 11.6 Å². The summed E-state index contributed by atoms with van der Waals surface area (Å²) in [6.07, 6.45) is 3.53. The molecule has 0 saturated carbocycles. The van der Waals surface area contributed by atoms with Crippen molar-refractivity contribution in [2.45, 2.75) is 0 Å². The Morgan fingerprint density at radius 3 is 2.95 bits per heavy atom. The van der Waals surface area contributed by atoms with Crippen molar-refractivity contribution in [3.05, 3.63) is 59.5 Å². The molecule has 0 amide bonds. The van der Waals surface area contributed by atoms with Gasteiger partial charge in [-0.15, -0.1) is 0 Å². The molecular weight excluding hydrogens is 272 g/mol. The number of aromatic nitrogens is 2. The van der Waals surface area contributed by atoms with E-state index in [2.05, 4.69) is 21.4 Å². The van der Waals surface area contributed by atoms with Gasteiger partial charge in [-0.3, -0.25) is 4.98 Å². The quantitative estimate of drug-likeness (QED) is 0.723. The number of pyridine rings is 2. The highest BCUT2D eigenvalue weighted by molar-refractivity contribution is 6.29. The van der Waals surface area contributed by atoms with E-state index in [0.717, 1.165) is 16.5 Å². The van der Waals surface area contributed by atoms with Gasteiger partial charge in [0.05, 0.1) is 11.6 Å². The maximum Gasteiger partial charge on any atom is 0.133 e. The number of nitrogens with zero attached hydrogens (tertiary/aromatic N) is 3. The van der Waals surface area contributed by atoms with Gasteiger partial charge < -0.3 is 5.32 Å². The van der Waals surface area contributed by atoms with Gasteiger partial charge in [-0.2, -0.15) is 5.26 Å². The molecule has 3 aromatic rings. The molecule has 0 aliphatic heterocycles. The molecule has 3 rings (SSSR count). The van der Waals surface area contributed by atoms with Crippen LogP contribution in [0.1, 0.15) is 5.56 Å². The summed E-state index contributed by atoms with van der Waals surface area (Å²) in [4.78, 5) is 8.27. The van der Waals surface area contributed by atoms with Crippen molar-refractivity contribution in [2.75, 3.05) is 5.32 Å². The number of rotatable bonds is 2. The van der Waals surface area contributed by atoms with E-state index in [0.29, 0.717) is 11.4 Å². The standard InChI is InChI=1S/C15H9ClN4/c16-14-6-10(8-17)7-15(20-14)19-13-3-1-2-11-9-18-5-4-12(11)13/h1-7,9H,(H,19,20). The van der Waals surface area contributed by atoms with Gasteiger partial charge in [0.25, 0.3) is 0 Å². The summed E-state index contributed by atoms with van der Waals surface area (Å²) in [5.74, 6) is 0.540. The van der Waals surface area contributed by atoms with Crippen LogP contribution in [-0.4, -0.2) is 9.97 Å². The molecule has 0 fully saturated rings. The van der Waals surface area contributed by atoms with E-state index in [1.165, 1.54) is 6.07 Å². The van der Waals surface area contributed by atoms with E-state index in [1.807, 2.05) is 24.3 Å². The van der Waals surface area contributed by atoms with E-state index in [1.54, 1.807) is 18.5 Å². The molecule has 96 valence electrons. The molecule has 2 heterocycles. The van der Waals surface area contributed by atoms with Crippen LogP contribution in [0.15, 0.2) is 48.8 Å². The summed E-state index contributed by atoms with van der Waals surface area (Å²) in [7, 11) is 0. The van der Waals surface area contributed by atoms with Crippen LogP contribution in [0.4, 0.5) is 11.5 Å². The monoisotopic (exact) mass is 280 g/mol. The van der Waals surface area contributed by atoms with Gasteiger partial charge in [-0.25, -0.2) is 4.98 Å². The predicted molar refractivity (Wildman–Crippen MR) is 79.0 cm³/mol. The van der Waals surface area contributed by atoms with E-state index in [9.17, 15) is 0 Å². The zero-order chi connectivity index (χ0) is 13.9. The molecule has 1 N–H and O–H groups in total. The summed E-state index contributed by atoms with van der Waals surface area (Å²) in [6, 6.07) is 13.0. The molecule has 1 aromatic carbocycles. The average molecular weight is 281 g/mol. The van der Waals surface area contributed by atoms with Crippen LogP contribution in [0, 0.1) is 11.3 Å². The van der Waals surface area contributed by atoms with Crippen LogP contribution in [-0.2, 0) is 0 Å². The fraction of sp³-hybridized carbons (Fsp3) is 0. The zero-order valence-corrected chi connectivity index (χ0v) is 11.1. The van der Waals surface area contributed by atoms with Gasteiger partial charge in [0.1, 0.15) is 11.0 Å². The lowest BCUT2D eigenvalue weighted by atomic mass is 10.1. The molecule has 4 nitrogen and oxygen atoms in total. The molecule has 0 aliphatic carbocycles. The van der Waals surface area contributed by atoms with Crippen LogP contribution in [0.5, 0.6) is 0 Å². The molecule has 0 saturated heterocycles. The Hall–Kier alpha value is -2.64. The highest BCUT2D eigenvalue weighted by Gasteiger charge is 2.04. The number of halogens is 1. The van der Waals surface area contributed by atoms with Crippen molar-refractivity contribution < 1.29 is 0 Å². The lowest BCUT2D eigenvalue weighted by Gasteiger charge is -2.09. The zero-order valence-electron chi connectivity index (χ0n) is 10.3. The third kappa shape index (κ3) is 2.40. The lowest BCUT2D eigenvalue weighted by molar-refractivity contribution is 1.29. The molecule has 0 spiro atoms. The SMILES string of the molecule is N#Cc1cc(Cl)nc(Nc2cccc3cnccc23)c1. The molecule has 0 aliphatic rings. The van der Waals surface area contributed by atoms with E-state index in [4.69, 9.17) is 16.9 Å². The van der Waals surface area contributed by atoms with Crippen LogP contribution in [0.3, 0.4) is 0 Å². The number of nitriles is 1. The van der Waals surface area contributed by atoms with Crippen molar-refractivity contribution in [2.24, 2.45) is 0 Å². The fourth-order valence-electron chi connectivity index (χ4n) is 2.00. The van der Waals surface area contributed by atoms with Crippen molar-refractivity contribution in [1.29, 1.82) is 5.26 Å². The molecule has 20 heavy (non-hydrogen) atoms. The number of benzene rings is 1. The number of nitrogens with one attached hydrogen (secondary N) is 1. The largest absolute Gasteiger partial charge is 0.340 e. The summed E-state index contributed by atoms with van der Waals surface area (Å²) < 4.78 is 0. The first-order valence-corrected chi connectivity index (χ1v) is 6.31. The smallest absolute Gasteiger partial charge is 0.133 e. The summed E-state index contributed by atoms with van der Waals surface area (Å²) in [5.41, 5.74) is 1.36. The van der Waals surface area contributed by atoms with Gasteiger partial charge in [0, 0.05) is 28.9 Å². The second-order valence-corrected chi connectivity index (χ2v) is 4.59. The van der Waals surface area contributed by atoms with E-state index < -0.39 is 0 Å². The molecule has 5 heteroatoms. The van der Waals surface area contributed by atoms with Gasteiger partial charge in [-0.05, 0) is 24.3 Å². The number of hydrogen-bond donors (Lipinski definition) is 1. The molecule has 0 bridgehead atoms. The predicted octanol–water partition coefficient (Wildman–Crippen LogP) is 3.90. The second-order valence-electron chi connectivity index (χ2n) is 4.20. The maximum atomic E-state index is 8.95. The Balaban J connectivity index is 2.06. The van der Waals surface area contributed by atoms with Gasteiger partial charge in [-0.1, -0.05) is 23.7 Å². The third-order valence-electron chi connectivity index (χ3n) is 2.87. The summed E-state index contributed by atoms with van der Waals surface area (Å²) >= 11 is 5.90. The Morgan fingerprint density at radius 2 is 2.10 bits per heavy atom. The first-order valence-electron chi connectivity index (χ1n) is 5.94. The average Bonchev–Trinajstić information content (AvgIpc) is 2.47.